The van der Waals surface area contributed by atoms with Crippen molar-refractivity contribution in [2.24, 2.45) is 5.73 Å². The average Bonchev–Trinajstić information content (AvgIpc) is 3.06. The monoisotopic (exact) mass is 432 g/mol. The first-order chi connectivity index (χ1) is 12.9. The van der Waals surface area contributed by atoms with Crippen molar-refractivity contribution in [3.8, 4) is 0 Å². The third-order valence-electron chi connectivity index (χ3n) is 3.97. The standard InChI is InChI=1S/C18H16N4O4Se/c1-11-7-8-13(9-14(11)22(25)26)21-10-15(16(19)23)27-18(21)20-17(24)12-5-3-2-4-6-12/h2-10,18H,1H3,(H2,19,23)(H,20,24). The molecular weight excluding hydrogens is 415 g/mol. The van der Waals surface area contributed by atoms with Crippen molar-refractivity contribution >= 4 is 38.1 Å². The number of anilines is 1. The van der Waals surface area contributed by atoms with Gasteiger partial charge in [0.05, 0.1) is 0 Å². The summed E-state index contributed by atoms with van der Waals surface area (Å²) in [6, 6.07) is 13.4. The number of nitro groups is 1. The molecule has 8 nitrogen and oxygen atoms in total. The molecule has 9 heteroatoms. The van der Waals surface area contributed by atoms with Crippen LogP contribution in [0, 0.1) is 17.0 Å². The summed E-state index contributed by atoms with van der Waals surface area (Å²) in [7, 11) is 0. The fourth-order valence-electron chi connectivity index (χ4n) is 2.57. The number of carbonyl (C=O) groups is 2. The second-order valence-corrected chi connectivity index (χ2v) is 8.16. The molecule has 0 saturated heterocycles. The van der Waals surface area contributed by atoms with Gasteiger partial charge in [-0.25, -0.2) is 0 Å². The molecule has 2 amide bonds. The maximum atomic E-state index is 12.5. The van der Waals surface area contributed by atoms with E-state index in [4.69, 9.17) is 5.73 Å². The molecule has 1 aliphatic rings. The van der Waals surface area contributed by atoms with Crippen LogP contribution in [0.5, 0.6) is 0 Å². The SMILES string of the molecule is Cc1ccc(N2C=C(C(N)=O)[Se]C2NC(=O)c2ccccc2)cc1[N+](=O)[O-]. The molecule has 27 heavy (non-hydrogen) atoms. The number of nitrogens with zero attached hydrogens (tertiary/aromatic N) is 2. The molecule has 2 aromatic rings. The minimum absolute atomic E-state index is 0.0333. The van der Waals surface area contributed by atoms with E-state index in [1.54, 1.807) is 60.5 Å². The Bertz CT molecular complexity index is 946. The van der Waals surface area contributed by atoms with Crippen LogP contribution in [0.1, 0.15) is 15.9 Å². The van der Waals surface area contributed by atoms with Gasteiger partial charge in [-0.05, 0) is 0 Å². The van der Waals surface area contributed by atoms with Gasteiger partial charge in [-0.1, -0.05) is 0 Å². The Morgan fingerprint density at radius 1 is 1.22 bits per heavy atom. The van der Waals surface area contributed by atoms with Gasteiger partial charge in [0, 0.05) is 0 Å². The van der Waals surface area contributed by atoms with Crippen molar-refractivity contribution in [3.63, 3.8) is 0 Å². The Balaban J connectivity index is 1.92. The fraction of sp³-hybridized carbons (Fsp3) is 0.111. The van der Waals surface area contributed by atoms with Crippen LogP contribution in [0.4, 0.5) is 11.4 Å². The third-order valence-corrected chi connectivity index (χ3v) is 6.34. The first-order valence-corrected chi connectivity index (χ1v) is 9.79. The summed E-state index contributed by atoms with van der Waals surface area (Å²) in [6.45, 7) is 1.65. The molecule has 0 bridgehead atoms. The summed E-state index contributed by atoms with van der Waals surface area (Å²) < 4.78 is 0.393. The summed E-state index contributed by atoms with van der Waals surface area (Å²) in [5.41, 5.74) is 6.88. The summed E-state index contributed by atoms with van der Waals surface area (Å²) in [6.07, 6.45) is 1.55. The molecule has 0 aliphatic carbocycles. The molecule has 1 aliphatic heterocycles. The van der Waals surface area contributed by atoms with Crippen molar-refractivity contribution in [3.05, 3.63) is 80.4 Å². The van der Waals surface area contributed by atoms with E-state index < -0.39 is 30.9 Å². The Labute approximate surface area is 161 Å². The van der Waals surface area contributed by atoms with Crippen LogP contribution in [0.2, 0.25) is 0 Å². The van der Waals surface area contributed by atoms with Crippen LogP contribution in [-0.4, -0.2) is 36.8 Å². The van der Waals surface area contributed by atoms with Crippen LogP contribution in [0.25, 0.3) is 0 Å². The Morgan fingerprint density at radius 2 is 1.93 bits per heavy atom. The molecule has 1 atom stereocenters. The Hall–Kier alpha value is -3.16. The van der Waals surface area contributed by atoms with Crippen molar-refractivity contribution in [2.75, 3.05) is 4.90 Å². The van der Waals surface area contributed by atoms with E-state index in [2.05, 4.69) is 5.32 Å². The predicted molar refractivity (Wildman–Crippen MR) is 101 cm³/mol. The second kappa shape index (κ2) is 7.61. The number of hydrogen-bond acceptors (Lipinski definition) is 5. The van der Waals surface area contributed by atoms with Gasteiger partial charge in [0.2, 0.25) is 0 Å². The zero-order valence-corrected chi connectivity index (χ0v) is 16.0. The van der Waals surface area contributed by atoms with Gasteiger partial charge in [0.25, 0.3) is 0 Å². The van der Waals surface area contributed by atoms with Crippen LogP contribution in [0.15, 0.2) is 59.2 Å². The number of nitro benzene ring substituents is 1. The van der Waals surface area contributed by atoms with Gasteiger partial charge in [0.15, 0.2) is 0 Å². The number of hydrogen-bond donors (Lipinski definition) is 2. The normalized spacial score (nSPS) is 16.0. The Kier molecular flexibility index (Phi) is 5.25. The molecule has 138 valence electrons. The molecular formula is C18H16N4O4Se. The number of primary amides is 1. The van der Waals surface area contributed by atoms with Crippen LogP contribution < -0.4 is 16.0 Å². The molecule has 1 unspecified atom stereocenters. The van der Waals surface area contributed by atoms with Gasteiger partial charge < -0.3 is 0 Å². The van der Waals surface area contributed by atoms with E-state index in [0.717, 1.165) is 0 Å². The summed E-state index contributed by atoms with van der Waals surface area (Å²) in [5.74, 6) is -0.869. The van der Waals surface area contributed by atoms with E-state index in [0.29, 0.717) is 21.3 Å². The molecule has 0 saturated carbocycles. The van der Waals surface area contributed by atoms with E-state index in [9.17, 15) is 19.7 Å². The molecule has 0 fully saturated rings. The predicted octanol–water partition coefficient (Wildman–Crippen LogP) is 1.47. The van der Waals surface area contributed by atoms with Crippen LogP contribution in [-0.2, 0) is 4.79 Å². The number of amides is 2. The second-order valence-electron chi connectivity index (χ2n) is 5.80. The van der Waals surface area contributed by atoms with E-state index in [-0.39, 0.29) is 11.6 Å². The van der Waals surface area contributed by atoms with Gasteiger partial charge in [-0.3, -0.25) is 0 Å². The van der Waals surface area contributed by atoms with Crippen molar-refractivity contribution < 1.29 is 14.5 Å². The van der Waals surface area contributed by atoms with Crippen molar-refractivity contribution in [2.45, 2.75) is 12.0 Å². The number of aryl methyl sites for hydroxylation is 1. The maximum absolute atomic E-state index is 12.5. The molecule has 1 heterocycles. The summed E-state index contributed by atoms with van der Waals surface area (Å²) in [5, 5.41) is 13.6. The zero-order valence-electron chi connectivity index (χ0n) is 14.3. The number of nitrogens with two attached hydrogens (primary N) is 1. The van der Waals surface area contributed by atoms with E-state index in [1.165, 1.54) is 6.07 Å². The fourth-order valence-corrected chi connectivity index (χ4v) is 4.66. The average molecular weight is 431 g/mol. The number of rotatable bonds is 5. The van der Waals surface area contributed by atoms with Crippen molar-refractivity contribution in [1.29, 1.82) is 0 Å². The molecule has 0 spiro atoms. The summed E-state index contributed by atoms with van der Waals surface area (Å²) in [4.78, 5) is 36.6. The molecule has 0 radical (unpaired) electrons. The van der Waals surface area contributed by atoms with Crippen LogP contribution in [0.3, 0.4) is 0 Å². The van der Waals surface area contributed by atoms with Gasteiger partial charge in [-0.2, -0.15) is 0 Å². The quantitative estimate of drug-likeness (QED) is 0.422. The van der Waals surface area contributed by atoms with Gasteiger partial charge in [0.1, 0.15) is 0 Å². The summed E-state index contributed by atoms with van der Waals surface area (Å²) >= 11 is -0.448. The van der Waals surface area contributed by atoms with E-state index in [1.807, 2.05) is 0 Å². The molecule has 2 aromatic carbocycles. The van der Waals surface area contributed by atoms with E-state index >= 15 is 0 Å². The Morgan fingerprint density at radius 3 is 2.56 bits per heavy atom. The number of benzene rings is 2. The van der Waals surface area contributed by atoms with Gasteiger partial charge >= 0.3 is 161 Å². The zero-order chi connectivity index (χ0) is 19.6. The first kappa shape index (κ1) is 18.6. The van der Waals surface area contributed by atoms with Crippen molar-refractivity contribution in [1.82, 2.24) is 5.32 Å². The minimum atomic E-state index is -0.571. The number of carbonyl (C=O) groups excluding carboxylic acids is 2. The first-order valence-electron chi connectivity index (χ1n) is 7.94. The van der Waals surface area contributed by atoms with Gasteiger partial charge in [-0.15, -0.1) is 0 Å². The molecule has 3 rings (SSSR count). The molecule has 0 aromatic heterocycles. The molecule has 3 N–H and O–H groups in total. The topological polar surface area (TPSA) is 119 Å². The number of nitrogens with one attached hydrogen (secondary N) is 1. The third kappa shape index (κ3) is 3.99. The van der Waals surface area contributed by atoms with Crippen LogP contribution >= 0.6 is 0 Å².